The Kier molecular flexibility index (Phi) is 4.91. The first-order chi connectivity index (χ1) is 11.1. The number of rotatable bonds is 4. The predicted octanol–water partition coefficient (Wildman–Crippen LogP) is 4.69. The first-order valence-electron chi connectivity index (χ1n) is 6.72. The van der Waals surface area contributed by atoms with E-state index in [1.807, 2.05) is 17.5 Å². The highest BCUT2D eigenvalue weighted by Gasteiger charge is 2.11. The standard InChI is InChI=1S/C16H11Cl2N3OS/c17-12-4-1-5-13(15(12)18)21-14(22)7-11-9-23-16(20-11)10-3-2-6-19-8-10/h1-6,8-9H,7H2,(H,21,22). The van der Waals surface area contributed by atoms with Crippen LogP contribution in [0.3, 0.4) is 0 Å². The number of hydrogen-bond acceptors (Lipinski definition) is 4. The second-order valence-electron chi connectivity index (χ2n) is 4.71. The van der Waals surface area contributed by atoms with Crippen LogP contribution in [-0.4, -0.2) is 15.9 Å². The van der Waals surface area contributed by atoms with Crippen molar-refractivity contribution in [2.24, 2.45) is 0 Å². The van der Waals surface area contributed by atoms with E-state index >= 15 is 0 Å². The molecule has 0 aliphatic rings. The van der Waals surface area contributed by atoms with Gasteiger partial charge in [-0.15, -0.1) is 11.3 Å². The van der Waals surface area contributed by atoms with Gasteiger partial charge in [-0.1, -0.05) is 29.3 Å². The normalized spacial score (nSPS) is 10.5. The van der Waals surface area contributed by atoms with Gasteiger partial charge in [0.15, 0.2) is 0 Å². The van der Waals surface area contributed by atoms with Crippen molar-refractivity contribution >= 4 is 46.1 Å². The Morgan fingerprint density at radius 2 is 2.09 bits per heavy atom. The number of nitrogens with zero attached hydrogens (tertiary/aromatic N) is 2. The third-order valence-corrected chi connectivity index (χ3v) is 4.79. The van der Waals surface area contributed by atoms with Gasteiger partial charge in [0, 0.05) is 23.3 Å². The smallest absolute Gasteiger partial charge is 0.230 e. The Hall–Kier alpha value is -1.95. The molecule has 0 bridgehead atoms. The van der Waals surface area contributed by atoms with Gasteiger partial charge in [-0.25, -0.2) is 4.98 Å². The molecule has 2 heterocycles. The van der Waals surface area contributed by atoms with Crippen LogP contribution in [0.4, 0.5) is 5.69 Å². The summed E-state index contributed by atoms with van der Waals surface area (Å²) < 4.78 is 0. The van der Waals surface area contributed by atoms with Crippen molar-refractivity contribution in [2.75, 3.05) is 5.32 Å². The molecular formula is C16H11Cl2N3OS. The molecule has 0 atom stereocenters. The molecule has 23 heavy (non-hydrogen) atoms. The lowest BCUT2D eigenvalue weighted by Gasteiger charge is -2.07. The third-order valence-electron chi connectivity index (χ3n) is 3.03. The zero-order chi connectivity index (χ0) is 16.2. The zero-order valence-electron chi connectivity index (χ0n) is 11.8. The molecule has 1 amide bonds. The number of halogens is 2. The maximum atomic E-state index is 12.1. The average molecular weight is 364 g/mol. The van der Waals surface area contributed by atoms with Crippen molar-refractivity contribution in [1.29, 1.82) is 0 Å². The largest absolute Gasteiger partial charge is 0.324 e. The number of carbonyl (C=O) groups excluding carboxylic acids is 1. The fourth-order valence-electron chi connectivity index (χ4n) is 1.97. The highest BCUT2D eigenvalue weighted by molar-refractivity contribution is 7.13. The monoisotopic (exact) mass is 363 g/mol. The molecule has 0 saturated carbocycles. The lowest BCUT2D eigenvalue weighted by molar-refractivity contribution is -0.115. The van der Waals surface area contributed by atoms with Crippen LogP contribution in [-0.2, 0) is 11.2 Å². The van der Waals surface area contributed by atoms with Gasteiger partial charge in [-0.3, -0.25) is 9.78 Å². The maximum Gasteiger partial charge on any atom is 0.230 e. The van der Waals surface area contributed by atoms with Gasteiger partial charge in [0.1, 0.15) is 5.01 Å². The van der Waals surface area contributed by atoms with Crippen LogP contribution in [0.15, 0.2) is 48.1 Å². The molecule has 0 aliphatic carbocycles. The molecule has 2 aromatic heterocycles. The van der Waals surface area contributed by atoms with E-state index in [-0.39, 0.29) is 12.3 Å². The van der Waals surface area contributed by atoms with Crippen LogP contribution in [0.25, 0.3) is 10.6 Å². The number of hydrogen-bond donors (Lipinski definition) is 1. The van der Waals surface area contributed by atoms with Crippen molar-refractivity contribution in [3.63, 3.8) is 0 Å². The van der Waals surface area contributed by atoms with Gasteiger partial charge < -0.3 is 5.32 Å². The molecule has 0 saturated heterocycles. The van der Waals surface area contributed by atoms with Crippen LogP contribution >= 0.6 is 34.5 Å². The summed E-state index contributed by atoms with van der Waals surface area (Å²) in [6, 6.07) is 8.88. The Bertz CT molecular complexity index is 836. The second kappa shape index (κ2) is 7.08. The van der Waals surface area contributed by atoms with E-state index in [0.29, 0.717) is 21.4 Å². The van der Waals surface area contributed by atoms with E-state index in [1.165, 1.54) is 11.3 Å². The Labute approximate surface area is 147 Å². The van der Waals surface area contributed by atoms with Crippen molar-refractivity contribution in [2.45, 2.75) is 6.42 Å². The SMILES string of the molecule is O=C(Cc1csc(-c2cccnc2)n1)Nc1cccc(Cl)c1Cl. The minimum atomic E-state index is -0.197. The van der Waals surface area contributed by atoms with Crippen LogP contribution < -0.4 is 5.32 Å². The summed E-state index contributed by atoms with van der Waals surface area (Å²) in [5.74, 6) is -0.197. The number of nitrogens with one attached hydrogen (secondary N) is 1. The zero-order valence-corrected chi connectivity index (χ0v) is 14.1. The topological polar surface area (TPSA) is 54.9 Å². The Balaban J connectivity index is 1.69. The minimum Gasteiger partial charge on any atom is -0.324 e. The first kappa shape index (κ1) is 15.9. The predicted molar refractivity (Wildman–Crippen MR) is 94.1 cm³/mol. The number of anilines is 1. The maximum absolute atomic E-state index is 12.1. The molecule has 4 nitrogen and oxygen atoms in total. The Morgan fingerprint density at radius 3 is 2.87 bits per heavy atom. The molecule has 0 spiro atoms. The molecule has 116 valence electrons. The minimum absolute atomic E-state index is 0.166. The molecular weight excluding hydrogens is 353 g/mol. The summed E-state index contributed by atoms with van der Waals surface area (Å²) >= 11 is 13.5. The highest BCUT2D eigenvalue weighted by atomic mass is 35.5. The van der Waals surface area contributed by atoms with Crippen molar-refractivity contribution in [3.8, 4) is 10.6 Å². The number of thiazole rings is 1. The third kappa shape index (κ3) is 3.88. The summed E-state index contributed by atoms with van der Waals surface area (Å²) in [6.45, 7) is 0. The first-order valence-corrected chi connectivity index (χ1v) is 8.35. The summed E-state index contributed by atoms with van der Waals surface area (Å²) in [5.41, 5.74) is 2.12. The second-order valence-corrected chi connectivity index (χ2v) is 6.36. The van der Waals surface area contributed by atoms with Crippen LogP contribution in [0, 0.1) is 0 Å². The molecule has 0 unspecified atom stereocenters. The molecule has 7 heteroatoms. The fraction of sp³-hybridized carbons (Fsp3) is 0.0625. The number of amides is 1. The van der Waals surface area contributed by atoms with E-state index in [4.69, 9.17) is 23.2 Å². The molecule has 3 rings (SSSR count). The lowest BCUT2D eigenvalue weighted by Crippen LogP contribution is -2.14. The molecule has 0 aliphatic heterocycles. The fourth-order valence-corrected chi connectivity index (χ4v) is 3.13. The molecule has 1 N–H and O–H groups in total. The van der Waals surface area contributed by atoms with Gasteiger partial charge in [-0.05, 0) is 24.3 Å². The summed E-state index contributed by atoms with van der Waals surface area (Å²) in [4.78, 5) is 20.7. The van der Waals surface area contributed by atoms with Crippen molar-refractivity contribution in [3.05, 3.63) is 63.8 Å². The number of carbonyl (C=O) groups is 1. The molecule has 0 fully saturated rings. The van der Waals surface area contributed by atoms with Crippen LogP contribution in [0.2, 0.25) is 10.0 Å². The van der Waals surface area contributed by atoms with E-state index in [2.05, 4.69) is 15.3 Å². The van der Waals surface area contributed by atoms with E-state index in [1.54, 1.807) is 30.6 Å². The van der Waals surface area contributed by atoms with Gasteiger partial charge in [0.05, 0.1) is 27.8 Å². The van der Waals surface area contributed by atoms with Crippen LogP contribution in [0.5, 0.6) is 0 Å². The summed E-state index contributed by atoms with van der Waals surface area (Å²) in [5, 5.41) is 6.17. The van der Waals surface area contributed by atoms with Gasteiger partial charge in [0.25, 0.3) is 0 Å². The highest BCUT2D eigenvalue weighted by Crippen LogP contribution is 2.29. The molecule has 0 radical (unpaired) electrons. The van der Waals surface area contributed by atoms with E-state index in [9.17, 15) is 4.79 Å². The van der Waals surface area contributed by atoms with Crippen molar-refractivity contribution in [1.82, 2.24) is 9.97 Å². The van der Waals surface area contributed by atoms with Crippen LogP contribution in [0.1, 0.15) is 5.69 Å². The number of pyridine rings is 1. The Morgan fingerprint density at radius 1 is 1.22 bits per heavy atom. The molecule has 3 aromatic rings. The van der Waals surface area contributed by atoms with Gasteiger partial charge in [-0.2, -0.15) is 0 Å². The van der Waals surface area contributed by atoms with Crippen molar-refractivity contribution < 1.29 is 4.79 Å². The average Bonchev–Trinajstić information content (AvgIpc) is 3.01. The number of aromatic nitrogens is 2. The quantitative estimate of drug-likeness (QED) is 0.731. The summed E-state index contributed by atoms with van der Waals surface area (Å²) in [7, 11) is 0. The molecule has 1 aromatic carbocycles. The lowest BCUT2D eigenvalue weighted by atomic mass is 10.2. The van der Waals surface area contributed by atoms with E-state index < -0.39 is 0 Å². The summed E-state index contributed by atoms with van der Waals surface area (Å²) in [6.07, 6.45) is 3.62. The van der Waals surface area contributed by atoms with Gasteiger partial charge in [0.2, 0.25) is 5.91 Å². The number of benzene rings is 1. The van der Waals surface area contributed by atoms with E-state index in [0.717, 1.165) is 10.6 Å². The van der Waals surface area contributed by atoms with Gasteiger partial charge >= 0.3 is 0 Å².